The molecule has 0 radical (unpaired) electrons. The molecule has 1 rings (SSSR count). The molecule has 0 spiro atoms. The van der Waals surface area contributed by atoms with E-state index in [0.29, 0.717) is 5.56 Å². The first-order chi connectivity index (χ1) is 6.58. The summed E-state index contributed by atoms with van der Waals surface area (Å²) in [5.74, 6) is -2.46. The van der Waals surface area contributed by atoms with Crippen molar-refractivity contribution in [2.75, 3.05) is 0 Å². The maximum atomic E-state index is 10.2. The number of hydrogen-bond donors (Lipinski definition) is 0. The molecule has 0 fully saturated rings. The minimum absolute atomic E-state index is 0. The summed E-state index contributed by atoms with van der Waals surface area (Å²) in [6, 6.07) is 2.90. The van der Waals surface area contributed by atoms with Gasteiger partial charge in [0.25, 0.3) is 0 Å². The molecule has 1 aromatic rings. The first-order valence-electron chi connectivity index (χ1n) is 3.91. The number of carbonyl (C=O) groups is 2. The second-order valence-corrected chi connectivity index (χ2v) is 2.75. The van der Waals surface area contributed by atoms with E-state index in [-0.39, 0.29) is 56.3 Å². The Morgan fingerprint density at radius 3 is 2.19 bits per heavy atom. The summed E-state index contributed by atoms with van der Waals surface area (Å²) in [5, 5.41) is 20.5. The molecule has 0 amide bonds. The van der Waals surface area contributed by atoms with Crippen molar-refractivity contribution in [2.45, 2.75) is 12.8 Å². The zero-order valence-corrected chi connectivity index (χ0v) is 9.23. The molecule has 0 unspecified atom stereocenters. The second-order valence-electron chi connectivity index (χ2n) is 2.75. The third-order valence-electron chi connectivity index (χ3n) is 1.55. The maximum Gasteiger partial charge on any atom is 1.00 e. The van der Waals surface area contributed by atoms with Crippen molar-refractivity contribution in [1.29, 1.82) is 0 Å². The van der Waals surface area contributed by atoms with Crippen LogP contribution in [-0.2, 0) is 22.4 Å². The smallest absolute Gasteiger partial charge is 0.550 e. The average Bonchev–Trinajstić information content (AvgIpc) is 2.01. The number of aromatic nitrogens is 1. The van der Waals surface area contributed by atoms with E-state index in [0.717, 1.165) is 0 Å². The van der Waals surface area contributed by atoms with Gasteiger partial charge in [0.2, 0.25) is 0 Å². The van der Waals surface area contributed by atoms with E-state index >= 15 is 0 Å². The van der Waals surface area contributed by atoms with Crippen LogP contribution in [0.3, 0.4) is 0 Å². The Hall–Kier alpha value is -0.715. The van der Waals surface area contributed by atoms with Gasteiger partial charge in [0.1, 0.15) is 0 Å². The Morgan fingerprint density at radius 1 is 1.12 bits per heavy atom. The van der Waals surface area contributed by atoms with Crippen LogP contribution in [0.5, 0.6) is 0 Å². The van der Waals surface area contributed by atoms with Gasteiger partial charge in [0.15, 0.2) is 0 Å². The number of hydrogen-bond acceptors (Lipinski definition) is 5. The van der Waals surface area contributed by atoms with Gasteiger partial charge in [-0.1, -0.05) is 0 Å². The quantitative estimate of drug-likeness (QED) is 0.457. The fourth-order valence-electron chi connectivity index (χ4n) is 1.05. The molecule has 1 aromatic heterocycles. The summed E-state index contributed by atoms with van der Waals surface area (Å²) in [7, 11) is 0. The zero-order chi connectivity index (χ0) is 10.6. The van der Waals surface area contributed by atoms with E-state index in [1.54, 1.807) is 0 Å². The van der Waals surface area contributed by atoms with Crippen LogP contribution >= 0.6 is 0 Å². The second kappa shape index (κ2) is 8.44. The van der Waals surface area contributed by atoms with E-state index in [9.17, 15) is 19.8 Å². The van der Waals surface area contributed by atoms with Crippen LogP contribution in [0.1, 0.15) is 11.3 Å². The molecular weight excluding hydrogens is 200 g/mol. The Bertz CT molecular complexity index is 339. The third-order valence-corrected chi connectivity index (χ3v) is 1.55. The van der Waals surface area contributed by atoms with Crippen LogP contribution in [0.4, 0.5) is 0 Å². The molecule has 74 valence electrons. The van der Waals surface area contributed by atoms with Crippen molar-refractivity contribution < 1.29 is 57.5 Å². The van der Waals surface area contributed by atoms with Crippen molar-refractivity contribution in [2.24, 2.45) is 0 Å². The summed E-state index contributed by atoms with van der Waals surface area (Å²) >= 11 is 0. The van der Waals surface area contributed by atoms with Crippen molar-refractivity contribution in [3.8, 4) is 0 Å². The van der Waals surface area contributed by atoms with Crippen LogP contribution in [0.25, 0.3) is 0 Å². The van der Waals surface area contributed by atoms with Crippen LogP contribution in [0, 0.1) is 0 Å². The number of nitrogens with zero attached hydrogens (tertiary/aromatic N) is 1. The van der Waals surface area contributed by atoms with Crippen molar-refractivity contribution in [1.82, 2.24) is 4.98 Å². The summed E-state index contributed by atoms with van der Waals surface area (Å²) < 4.78 is 0. The van der Waals surface area contributed by atoms with Gasteiger partial charge in [0, 0.05) is 36.7 Å². The minimum Gasteiger partial charge on any atom is -0.550 e. The van der Waals surface area contributed by atoms with Gasteiger partial charge < -0.3 is 19.8 Å². The Morgan fingerprint density at radius 2 is 1.69 bits per heavy atom. The largest absolute Gasteiger partial charge is 1.00 e. The number of aliphatic carboxylic acids is 2. The van der Waals surface area contributed by atoms with Gasteiger partial charge in [-0.05, 0) is 17.7 Å². The number of carbonyl (C=O) groups excluding carboxylic acids is 2. The number of carboxylic acids is 2. The number of carboxylic acid groups (broad SMARTS) is 2. The predicted molar refractivity (Wildman–Crippen MR) is 41.7 cm³/mol. The first-order valence-corrected chi connectivity index (χ1v) is 3.91. The van der Waals surface area contributed by atoms with E-state index in [1.165, 1.54) is 18.3 Å². The Balaban J connectivity index is 0. The molecule has 16 heavy (non-hydrogen) atoms. The maximum absolute atomic E-state index is 10.2. The van der Waals surface area contributed by atoms with Gasteiger partial charge in [-0.3, -0.25) is 4.98 Å². The Labute approximate surface area is 117 Å². The van der Waals surface area contributed by atoms with Crippen LogP contribution in [-0.4, -0.2) is 16.9 Å². The van der Waals surface area contributed by atoms with Crippen LogP contribution in [0.2, 0.25) is 0 Å². The van der Waals surface area contributed by atoms with Crippen molar-refractivity contribution in [3.05, 3.63) is 29.6 Å². The summed E-state index contributed by atoms with van der Waals surface area (Å²) in [6.45, 7) is 0. The molecule has 0 N–H and O–H groups in total. The average molecular weight is 207 g/mol. The molecule has 0 aliphatic heterocycles. The summed E-state index contributed by atoms with van der Waals surface area (Å²) in [4.78, 5) is 24.2. The van der Waals surface area contributed by atoms with Crippen molar-refractivity contribution in [3.63, 3.8) is 0 Å². The molecule has 1 heterocycles. The van der Waals surface area contributed by atoms with Gasteiger partial charge >= 0.3 is 37.7 Å². The Kier molecular flexibility index (Phi) is 9.32. The fraction of sp³-hybridized carbons (Fsp3) is 0.222. The van der Waals surface area contributed by atoms with Gasteiger partial charge in [0.05, 0.1) is 0 Å². The van der Waals surface area contributed by atoms with Crippen LogP contribution < -0.4 is 47.9 Å². The molecule has 0 saturated heterocycles. The zero-order valence-electron chi connectivity index (χ0n) is 9.23. The molecule has 5 nitrogen and oxygen atoms in total. The minimum atomic E-state index is -1.25. The summed E-state index contributed by atoms with van der Waals surface area (Å²) in [5.41, 5.74) is 0.750. The van der Waals surface area contributed by atoms with E-state index in [4.69, 9.17) is 0 Å². The first kappa shape index (κ1) is 17.7. The molecule has 0 aromatic carbocycles. The van der Waals surface area contributed by atoms with E-state index in [2.05, 4.69) is 4.98 Å². The fourth-order valence-corrected chi connectivity index (χ4v) is 1.05. The molecule has 0 atom stereocenters. The van der Waals surface area contributed by atoms with E-state index < -0.39 is 11.9 Å². The van der Waals surface area contributed by atoms with Gasteiger partial charge in [-0.2, -0.15) is 0 Å². The molecule has 0 bridgehead atoms. The van der Waals surface area contributed by atoms with Gasteiger partial charge in [-0.25, -0.2) is 0 Å². The SMILES string of the molecule is O=C([O-])Cc1ccnc(CC(=O)[O-])c1.[Li+].[Li+]. The number of rotatable bonds is 4. The molecule has 7 heteroatoms. The third kappa shape index (κ3) is 6.71. The molecular formula is C9H7Li2NO4. The standard InChI is InChI=1S/C9H9NO4.2Li/c11-8(12)4-6-1-2-10-7(3-6)5-9(13)14;;/h1-3H,4-5H2,(H,11,12)(H,13,14);;/q;2*+1/p-2. The van der Waals surface area contributed by atoms with Gasteiger partial charge in [-0.15, -0.1) is 0 Å². The normalized spacial score (nSPS) is 8.50. The topological polar surface area (TPSA) is 93.2 Å². The molecule has 0 aliphatic carbocycles. The van der Waals surface area contributed by atoms with E-state index in [1.807, 2.05) is 0 Å². The molecule has 0 saturated carbocycles. The monoisotopic (exact) mass is 207 g/mol. The summed E-state index contributed by atoms with van der Waals surface area (Å²) in [6.07, 6.45) is 0.792. The van der Waals surface area contributed by atoms with Crippen LogP contribution in [0.15, 0.2) is 18.3 Å². The molecule has 0 aliphatic rings. The predicted octanol–water partition coefficient (Wildman–Crippen LogP) is -8.33. The number of pyridine rings is 1. The van der Waals surface area contributed by atoms with Crippen molar-refractivity contribution >= 4 is 11.9 Å².